The molecule has 9 heteroatoms. The molecule has 0 bridgehead atoms. The third-order valence-corrected chi connectivity index (χ3v) is 3.34. The molecule has 0 amide bonds. The van der Waals surface area contributed by atoms with Gasteiger partial charge in [-0.3, -0.25) is 4.68 Å². The van der Waals surface area contributed by atoms with Crippen LogP contribution in [0, 0.1) is 6.92 Å². The smallest absolute Gasteiger partial charge is 0.340 e. The summed E-state index contributed by atoms with van der Waals surface area (Å²) in [7, 11) is 3.37. The highest BCUT2D eigenvalue weighted by Gasteiger charge is 2.22. The number of carbonyl (C=O) groups is 1. The van der Waals surface area contributed by atoms with Crippen LogP contribution in [0.25, 0.3) is 0 Å². The van der Waals surface area contributed by atoms with Crippen molar-refractivity contribution in [3.05, 3.63) is 11.3 Å². The average Bonchev–Trinajstić information content (AvgIpc) is 2.73. The van der Waals surface area contributed by atoms with E-state index in [1.807, 2.05) is 0 Å². The Hall–Kier alpha value is -1.90. The van der Waals surface area contributed by atoms with E-state index in [0.717, 1.165) is 0 Å². The molecule has 0 spiro atoms. The molecule has 0 radical (unpaired) electrons. The zero-order valence-electron chi connectivity index (χ0n) is 9.45. The van der Waals surface area contributed by atoms with Gasteiger partial charge in [0.1, 0.15) is 10.6 Å². The third kappa shape index (κ3) is 2.00. The van der Waals surface area contributed by atoms with Gasteiger partial charge in [-0.2, -0.15) is 5.10 Å². The molecule has 2 heterocycles. The lowest BCUT2D eigenvalue weighted by Crippen LogP contribution is -2.02. The van der Waals surface area contributed by atoms with Gasteiger partial charge in [-0.1, -0.05) is 0 Å². The summed E-state index contributed by atoms with van der Waals surface area (Å²) < 4.78 is 2.98. The Morgan fingerprint density at radius 2 is 2.06 bits per heavy atom. The van der Waals surface area contributed by atoms with Crippen LogP contribution in [0.2, 0.25) is 0 Å². The minimum Gasteiger partial charge on any atom is -0.478 e. The summed E-state index contributed by atoms with van der Waals surface area (Å²) in [5.74, 6) is -1.01. The van der Waals surface area contributed by atoms with Crippen LogP contribution in [0.4, 0.5) is 0 Å². The first-order valence-corrected chi connectivity index (χ1v) is 5.49. The molecule has 0 saturated heterocycles. The molecular weight excluding hydrogens is 244 g/mol. The molecule has 2 rings (SSSR count). The molecule has 0 saturated carbocycles. The van der Waals surface area contributed by atoms with Crippen LogP contribution in [0.5, 0.6) is 0 Å². The van der Waals surface area contributed by atoms with Gasteiger partial charge in [0.2, 0.25) is 5.16 Å². The number of tetrazole rings is 1. The Kier molecular flexibility index (Phi) is 2.84. The number of nitrogens with zero attached hydrogens (tertiary/aromatic N) is 6. The van der Waals surface area contributed by atoms with Crippen molar-refractivity contribution in [3.63, 3.8) is 0 Å². The molecule has 17 heavy (non-hydrogen) atoms. The first-order valence-electron chi connectivity index (χ1n) is 4.67. The van der Waals surface area contributed by atoms with Gasteiger partial charge in [-0.05, 0) is 29.1 Å². The zero-order chi connectivity index (χ0) is 12.6. The summed E-state index contributed by atoms with van der Waals surface area (Å²) in [5.41, 5.74) is 0.651. The normalized spacial score (nSPS) is 10.8. The second-order valence-corrected chi connectivity index (χ2v) is 4.34. The van der Waals surface area contributed by atoms with Gasteiger partial charge in [0, 0.05) is 14.1 Å². The van der Waals surface area contributed by atoms with Gasteiger partial charge >= 0.3 is 5.97 Å². The molecule has 90 valence electrons. The van der Waals surface area contributed by atoms with Gasteiger partial charge in [0.15, 0.2) is 0 Å². The van der Waals surface area contributed by atoms with Crippen molar-refractivity contribution >= 4 is 17.7 Å². The molecule has 2 aromatic rings. The molecule has 1 N–H and O–H groups in total. The Balaban J connectivity index is 2.45. The van der Waals surface area contributed by atoms with Crippen molar-refractivity contribution in [2.45, 2.75) is 17.1 Å². The molecule has 0 aliphatic rings. The number of carboxylic acid groups (broad SMARTS) is 1. The lowest BCUT2D eigenvalue weighted by molar-refractivity contribution is 0.0692. The maximum Gasteiger partial charge on any atom is 0.340 e. The predicted octanol–water partition coefficient (Wildman–Crippen LogP) is 0.101. The Morgan fingerprint density at radius 3 is 2.59 bits per heavy atom. The highest BCUT2D eigenvalue weighted by Crippen LogP contribution is 2.29. The van der Waals surface area contributed by atoms with E-state index in [4.69, 9.17) is 5.11 Å². The lowest BCUT2D eigenvalue weighted by Gasteiger charge is -2.01. The topological polar surface area (TPSA) is 98.7 Å². The van der Waals surface area contributed by atoms with Crippen molar-refractivity contribution in [3.8, 4) is 0 Å². The van der Waals surface area contributed by atoms with Crippen molar-refractivity contribution in [2.75, 3.05) is 0 Å². The molecule has 0 aliphatic carbocycles. The highest BCUT2D eigenvalue weighted by molar-refractivity contribution is 7.99. The second-order valence-electron chi connectivity index (χ2n) is 3.38. The van der Waals surface area contributed by atoms with Gasteiger partial charge in [0.05, 0.1) is 5.69 Å². The number of carboxylic acids is 1. The SMILES string of the molecule is Cc1nn(C)c(Sc2nnnn2C)c1C(=O)O. The summed E-state index contributed by atoms with van der Waals surface area (Å²) in [6.45, 7) is 1.66. The van der Waals surface area contributed by atoms with Crippen molar-refractivity contribution < 1.29 is 9.90 Å². The van der Waals surface area contributed by atoms with Gasteiger partial charge in [-0.15, -0.1) is 5.10 Å². The lowest BCUT2D eigenvalue weighted by atomic mass is 10.3. The van der Waals surface area contributed by atoms with E-state index in [9.17, 15) is 4.79 Å². The fourth-order valence-electron chi connectivity index (χ4n) is 1.39. The summed E-state index contributed by atoms with van der Waals surface area (Å²) in [6.07, 6.45) is 0. The highest BCUT2D eigenvalue weighted by atomic mass is 32.2. The van der Waals surface area contributed by atoms with E-state index >= 15 is 0 Å². The summed E-state index contributed by atoms with van der Waals surface area (Å²) in [4.78, 5) is 11.1. The first kappa shape index (κ1) is 11.6. The number of aryl methyl sites for hydroxylation is 3. The first-order chi connectivity index (χ1) is 8.00. The maximum absolute atomic E-state index is 11.1. The Bertz CT molecular complexity index is 575. The van der Waals surface area contributed by atoms with E-state index in [0.29, 0.717) is 15.9 Å². The number of hydrogen-bond donors (Lipinski definition) is 1. The monoisotopic (exact) mass is 254 g/mol. The van der Waals surface area contributed by atoms with Crippen LogP contribution in [-0.4, -0.2) is 41.1 Å². The Morgan fingerprint density at radius 1 is 1.35 bits per heavy atom. The number of hydrogen-bond acceptors (Lipinski definition) is 6. The molecule has 0 atom stereocenters. The quantitative estimate of drug-likeness (QED) is 0.829. The van der Waals surface area contributed by atoms with E-state index in [1.54, 1.807) is 21.0 Å². The van der Waals surface area contributed by atoms with Crippen molar-refractivity contribution in [1.82, 2.24) is 30.0 Å². The van der Waals surface area contributed by atoms with E-state index in [-0.39, 0.29) is 5.56 Å². The molecule has 0 aliphatic heterocycles. The fraction of sp³-hybridized carbons (Fsp3) is 0.375. The largest absolute Gasteiger partial charge is 0.478 e. The van der Waals surface area contributed by atoms with Crippen LogP contribution < -0.4 is 0 Å². The minimum atomic E-state index is -1.01. The molecule has 0 aromatic carbocycles. The minimum absolute atomic E-state index is 0.181. The fourth-order valence-corrected chi connectivity index (χ4v) is 2.32. The predicted molar refractivity (Wildman–Crippen MR) is 57.8 cm³/mol. The van der Waals surface area contributed by atoms with E-state index < -0.39 is 5.97 Å². The van der Waals surface area contributed by atoms with Crippen LogP contribution in [0.3, 0.4) is 0 Å². The number of aromatic nitrogens is 6. The molecule has 2 aromatic heterocycles. The van der Waals surface area contributed by atoms with Crippen LogP contribution in [0.1, 0.15) is 16.1 Å². The second kappa shape index (κ2) is 4.17. The van der Waals surface area contributed by atoms with Gasteiger partial charge in [0.25, 0.3) is 0 Å². The summed E-state index contributed by atoms with van der Waals surface area (Å²) in [5, 5.41) is 25.2. The average molecular weight is 254 g/mol. The molecule has 0 unspecified atom stereocenters. The van der Waals surface area contributed by atoms with E-state index in [2.05, 4.69) is 20.6 Å². The number of rotatable bonds is 3. The zero-order valence-corrected chi connectivity index (χ0v) is 10.3. The molecular formula is C8H10N6O2S. The van der Waals surface area contributed by atoms with Crippen LogP contribution in [-0.2, 0) is 14.1 Å². The summed E-state index contributed by atoms with van der Waals surface area (Å²) in [6, 6.07) is 0. The van der Waals surface area contributed by atoms with Gasteiger partial charge in [-0.25, -0.2) is 9.48 Å². The van der Waals surface area contributed by atoms with E-state index in [1.165, 1.54) is 21.1 Å². The van der Waals surface area contributed by atoms with Crippen LogP contribution >= 0.6 is 11.8 Å². The maximum atomic E-state index is 11.1. The standard InChI is InChI=1S/C8H10N6O2S/c1-4-5(7(15)16)6(13(2)10-4)17-8-9-11-12-14(8)3/h1-3H3,(H,15,16). The molecule has 0 fully saturated rings. The third-order valence-electron chi connectivity index (χ3n) is 2.15. The molecule has 8 nitrogen and oxygen atoms in total. The number of aromatic carboxylic acids is 1. The van der Waals surface area contributed by atoms with Gasteiger partial charge < -0.3 is 5.11 Å². The Labute approximate surface area is 101 Å². The van der Waals surface area contributed by atoms with Crippen molar-refractivity contribution in [1.29, 1.82) is 0 Å². The summed E-state index contributed by atoms with van der Waals surface area (Å²) >= 11 is 1.17. The van der Waals surface area contributed by atoms with Crippen molar-refractivity contribution in [2.24, 2.45) is 14.1 Å². The van der Waals surface area contributed by atoms with Crippen LogP contribution in [0.15, 0.2) is 10.2 Å².